The van der Waals surface area contributed by atoms with Gasteiger partial charge in [-0.2, -0.15) is 9.97 Å². The molecule has 6 nitrogen and oxygen atoms in total. The van der Waals surface area contributed by atoms with Gasteiger partial charge in [-0.25, -0.2) is 4.98 Å². The molecule has 0 bridgehead atoms. The molecule has 1 saturated heterocycles. The summed E-state index contributed by atoms with van der Waals surface area (Å²) in [5, 5.41) is 3.26. The average molecular weight is 274 g/mol. The fourth-order valence-electron chi connectivity index (χ4n) is 2.66. The average Bonchev–Trinajstić information content (AvgIpc) is 3.01. The number of nitrogens with one attached hydrogen (secondary N) is 2. The molecule has 1 aliphatic heterocycles. The van der Waals surface area contributed by atoms with Crippen molar-refractivity contribution in [2.24, 2.45) is 5.41 Å². The fourth-order valence-corrected chi connectivity index (χ4v) is 2.66. The highest BCUT2D eigenvalue weighted by Gasteiger charge is 2.31. The molecule has 1 fully saturated rings. The predicted molar refractivity (Wildman–Crippen MR) is 81.1 cm³/mol. The van der Waals surface area contributed by atoms with Gasteiger partial charge in [0.15, 0.2) is 11.5 Å². The van der Waals surface area contributed by atoms with Gasteiger partial charge in [-0.05, 0) is 18.3 Å². The first-order valence-electron chi connectivity index (χ1n) is 7.29. The van der Waals surface area contributed by atoms with Gasteiger partial charge in [-0.15, -0.1) is 0 Å². The van der Waals surface area contributed by atoms with Gasteiger partial charge in [0.1, 0.15) is 5.52 Å². The molecule has 6 heteroatoms. The lowest BCUT2D eigenvalue weighted by Gasteiger charge is -2.21. The van der Waals surface area contributed by atoms with Crippen LogP contribution in [-0.2, 0) is 0 Å². The first-order chi connectivity index (χ1) is 9.59. The molecule has 1 aliphatic rings. The molecular weight excluding hydrogens is 252 g/mol. The van der Waals surface area contributed by atoms with E-state index in [1.54, 1.807) is 6.33 Å². The van der Waals surface area contributed by atoms with Gasteiger partial charge in [0.25, 0.3) is 0 Å². The quantitative estimate of drug-likeness (QED) is 0.896. The first-order valence-corrected chi connectivity index (χ1v) is 7.29. The molecule has 2 aromatic heterocycles. The summed E-state index contributed by atoms with van der Waals surface area (Å²) in [6.45, 7) is 9.66. The molecule has 0 radical (unpaired) electrons. The third kappa shape index (κ3) is 2.42. The summed E-state index contributed by atoms with van der Waals surface area (Å²) in [6.07, 6.45) is 3.92. The first kappa shape index (κ1) is 13.1. The Bertz CT molecular complexity index is 603. The van der Waals surface area contributed by atoms with Crippen LogP contribution in [0, 0.1) is 5.41 Å². The number of aromatic amines is 1. The third-order valence-corrected chi connectivity index (χ3v) is 3.78. The Kier molecular flexibility index (Phi) is 3.23. The lowest BCUT2D eigenvalue weighted by atomic mass is 9.93. The molecule has 0 aromatic carbocycles. The van der Waals surface area contributed by atoms with Crippen molar-refractivity contribution in [2.75, 3.05) is 29.9 Å². The number of hydrogen-bond acceptors (Lipinski definition) is 5. The second-order valence-corrected chi connectivity index (χ2v) is 6.23. The molecule has 3 heterocycles. The fraction of sp³-hybridized carbons (Fsp3) is 0.643. The number of nitrogens with zero attached hydrogens (tertiary/aromatic N) is 4. The van der Waals surface area contributed by atoms with Crippen LogP contribution in [0.4, 0.5) is 11.8 Å². The van der Waals surface area contributed by atoms with E-state index in [1.165, 1.54) is 6.42 Å². The number of H-pyrrole nitrogens is 1. The normalized spacial score (nSPS) is 17.9. The van der Waals surface area contributed by atoms with E-state index < -0.39 is 0 Å². The van der Waals surface area contributed by atoms with Crippen LogP contribution >= 0.6 is 0 Å². The highest BCUT2D eigenvalue weighted by Crippen LogP contribution is 2.34. The zero-order chi connectivity index (χ0) is 14.2. The number of rotatable bonds is 4. The molecule has 2 N–H and O–H groups in total. The van der Waals surface area contributed by atoms with E-state index in [4.69, 9.17) is 4.98 Å². The van der Waals surface area contributed by atoms with Crippen LogP contribution in [0.15, 0.2) is 6.33 Å². The Morgan fingerprint density at radius 3 is 2.95 bits per heavy atom. The maximum absolute atomic E-state index is 4.69. The number of imidazole rings is 1. The summed E-state index contributed by atoms with van der Waals surface area (Å²) in [6, 6.07) is 0. The van der Waals surface area contributed by atoms with Gasteiger partial charge in [-0.3, -0.25) is 0 Å². The SMILES string of the molecule is CCCNc1nc(N2CCC(C)(C)C2)c2[nH]cnc2n1. The minimum absolute atomic E-state index is 0.342. The Labute approximate surface area is 119 Å². The molecule has 0 atom stereocenters. The highest BCUT2D eigenvalue weighted by atomic mass is 15.3. The molecule has 0 aliphatic carbocycles. The predicted octanol–water partition coefficient (Wildman–Crippen LogP) is 2.41. The zero-order valence-electron chi connectivity index (χ0n) is 12.4. The Balaban J connectivity index is 1.97. The van der Waals surface area contributed by atoms with Gasteiger partial charge >= 0.3 is 0 Å². The topological polar surface area (TPSA) is 69.7 Å². The lowest BCUT2D eigenvalue weighted by Crippen LogP contribution is -2.24. The number of aromatic nitrogens is 4. The van der Waals surface area contributed by atoms with Gasteiger partial charge in [-0.1, -0.05) is 20.8 Å². The minimum Gasteiger partial charge on any atom is -0.354 e. The molecule has 0 saturated carbocycles. The van der Waals surface area contributed by atoms with Crippen molar-refractivity contribution in [3.8, 4) is 0 Å². The molecule has 20 heavy (non-hydrogen) atoms. The van der Waals surface area contributed by atoms with Crippen LogP contribution < -0.4 is 10.2 Å². The largest absolute Gasteiger partial charge is 0.354 e. The second-order valence-electron chi connectivity index (χ2n) is 6.23. The molecular formula is C14H22N6. The Morgan fingerprint density at radius 1 is 1.40 bits per heavy atom. The second kappa shape index (κ2) is 4.92. The monoisotopic (exact) mass is 274 g/mol. The molecule has 0 amide bonds. The van der Waals surface area contributed by atoms with E-state index in [-0.39, 0.29) is 0 Å². The summed E-state index contributed by atoms with van der Waals surface area (Å²) in [5.41, 5.74) is 2.01. The van der Waals surface area contributed by atoms with Crippen LogP contribution in [0.5, 0.6) is 0 Å². The van der Waals surface area contributed by atoms with E-state index in [2.05, 4.69) is 45.9 Å². The van der Waals surface area contributed by atoms with Gasteiger partial charge < -0.3 is 15.2 Å². The molecule has 2 aromatic rings. The molecule has 0 unspecified atom stereocenters. The van der Waals surface area contributed by atoms with Crippen molar-refractivity contribution in [2.45, 2.75) is 33.6 Å². The van der Waals surface area contributed by atoms with Gasteiger partial charge in [0, 0.05) is 19.6 Å². The lowest BCUT2D eigenvalue weighted by molar-refractivity contribution is 0.418. The van der Waals surface area contributed by atoms with Crippen LogP contribution in [0.25, 0.3) is 11.2 Å². The van der Waals surface area contributed by atoms with E-state index in [0.29, 0.717) is 11.4 Å². The molecule has 0 spiro atoms. The van der Waals surface area contributed by atoms with E-state index in [1.807, 2.05) is 0 Å². The van der Waals surface area contributed by atoms with E-state index in [9.17, 15) is 0 Å². The zero-order valence-corrected chi connectivity index (χ0v) is 12.4. The van der Waals surface area contributed by atoms with Crippen molar-refractivity contribution in [3.05, 3.63) is 6.33 Å². The van der Waals surface area contributed by atoms with Crippen LogP contribution in [-0.4, -0.2) is 39.6 Å². The van der Waals surface area contributed by atoms with E-state index in [0.717, 1.165) is 43.0 Å². The third-order valence-electron chi connectivity index (χ3n) is 3.78. The van der Waals surface area contributed by atoms with Crippen LogP contribution in [0.1, 0.15) is 33.6 Å². The summed E-state index contributed by atoms with van der Waals surface area (Å²) < 4.78 is 0. The summed E-state index contributed by atoms with van der Waals surface area (Å²) in [4.78, 5) is 18.9. The summed E-state index contributed by atoms with van der Waals surface area (Å²) >= 11 is 0. The molecule has 3 rings (SSSR count). The Morgan fingerprint density at radius 2 is 2.25 bits per heavy atom. The van der Waals surface area contributed by atoms with E-state index >= 15 is 0 Å². The van der Waals surface area contributed by atoms with Crippen molar-refractivity contribution < 1.29 is 0 Å². The Hall–Kier alpha value is -1.85. The van der Waals surface area contributed by atoms with Crippen LogP contribution in [0.3, 0.4) is 0 Å². The standard InChI is InChI=1S/C14H22N6/c1-4-6-15-13-18-11-10(16-9-17-11)12(19-13)20-7-5-14(2,3)8-20/h9H,4-8H2,1-3H3,(H2,15,16,17,18,19). The number of anilines is 2. The highest BCUT2D eigenvalue weighted by molar-refractivity contribution is 5.84. The van der Waals surface area contributed by atoms with Crippen LogP contribution in [0.2, 0.25) is 0 Å². The van der Waals surface area contributed by atoms with Crippen molar-refractivity contribution in [1.29, 1.82) is 0 Å². The summed E-state index contributed by atoms with van der Waals surface area (Å²) in [7, 11) is 0. The number of hydrogen-bond donors (Lipinski definition) is 2. The van der Waals surface area contributed by atoms with Crippen molar-refractivity contribution in [1.82, 2.24) is 19.9 Å². The smallest absolute Gasteiger partial charge is 0.226 e. The maximum Gasteiger partial charge on any atom is 0.226 e. The number of fused-ring (bicyclic) bond motifs is 1. The summed E-state index contributed by atoms with van der Waals surface area (Å²) in [5.74, 6) is 1.64. The molecule has 108 valence electrons. The maximum atomic E-state index is 4.69. The minimum atomic E-state index is 0.342. The van der Waals surface area contributed by atoms with Gasteiger partial charge in [0.2, 0.25) is 5.95 Å². The van der Waals surface area contributed by atoms with Crippen molar-refractivity contribution in [3.63, 3.8) is 0 Å². The van der Waals surface area contributed by atoms with Gasteiger partial charge in [0.05, 0.1) is 6.33 Å². The van der Waals surface area contributed by atoms with Crippen molar-refractivity contribution >= 4 is 22.9 Å².